The first-order chi connectivity index (χ1) is 10.1. The maximum atomic E-state index is 3.63. The van der Waals surface area contributed by atoms with E-state index in [4.69, 9.17) is 0 Å². The molecule has 0 saturated carbocycles. The largest absolute Gasteiger partial charge is 0.313 e. The lowest BCUT2D eigenvalue weighted by atomic mass is 9.99. The van der Waals surface area contributed by atoms with Gasteiger partial charge < -0.3 is 5.32 Å². The van der Waals surface area contributed by atoms with Crippen LogP contribution in [0.3, 0.4) is 0 Å². The molecule has 0 saturated heterocycles. The van der Waals surface area contributed by atoms with Crippen molar-refractivity contribution in [1.82, 2.24) is 10.2 Å². The summed E-state index contributed by atoms with van der Waals surface area (Å²) < 4.78 is 0. The minimum absolute atomic E-state index is 0.471. The van der Waals surface area contributed by atoms with E-state index in [1.54, 1.807) is 0 Å². The highest BCUT2D eigenvalue weighted by Gasteiger charge is 2.21. The number of hydrogen-bond donors (Lipinski definition) is 1. The third-order valence-corrected chi connectivity index (χ3v) is 4.40. The summed E-state index contributed by atoms with van der Waals surface area (Å²) in [6, 6.07) is 11.9. The zero-order valence-electron chi connectivity index (χ0n) is 14.6. The fourth-order valence-electron chi connectivity index (χ4n) is 2.84. The van der Waals surface area contributed by atoms with Crippen LogP contribution in [0.2, 0.25) is 0 Å². The van der Waals surface area contributed by atoms with Gasteiger partial charge in [0.2, 0.25) is 0 Å². The van der Waals surface area contributed by atoms with Crippen LogP contribution in [0.4, 0.5) is 0 Å². The summed E-state index contributed by atoms with van der Waals surface area (Å²) in [5.74, 6) is 0.801. The number of nitrogens with one attached hydrogen (secondary N) is 1. The van der Waals surface area contributed by atoms with Gasteiger partial charge in [0.05, 0.1) is 0 Å². The van der Waals surface area contributed by atoms with Crippen molar-refractivity contribution in [3.8, 4) is 0 Å². The van der Waals surface area contributed by atoms with E-state index >= 15 is 0 Å². The molecule has 1 aromatic carbocycles. The molecule has 0 radical (unpaired) electrons. The average Bonchev–Trinajstić information content (AvgIpc) is 2.51. The molecular weight excluding hydrogens is 256 g/mol. The van der Waals surface area contributed by atoms with E-state index in [0.29, 0.717) is 12.1 Å². The lowest BCUT2D eigenvalue weighted by Gasteiger charge is -2.34. The Kier molecular flexibility index (Phi) is 8.63. The Morgan fingerprint density at radius 3 is 2.10 bits per heavy atom. The van der Waals surface area contributed by atoms with Crippen molar-refractivity contribution in [3.05, 3.63) is 35.9 Å². The van der Waals surface area contributed by atoms with Gasteiger partial charge in [0.1, 0.15) is 0 Å². The Labute approximate surface area is 131 Å². The number of benzene rings is 1. The predicted molar refractivity (Wildman–Crippen MR) is 93.6 cm³/mol. The molecule has 0 fully saturated rings. The first kappa shape index (κ1) is 18.2. The van der Waals surface area contributed by atoms with Crippen LogP contribution in [0.25, 0.3) is 0 Å². The number of nitrogens with zero attached hydrogens (tertiary/aromatic N) is 1. The van der Waals surface area contributed by atoms with Crippen LogP contribution in [-0.2, 0) is 0 Å². The molecule has 0 aromatic heterocycles. The molecule has 0 aliphatic rings. The summed E-state index contributed by atoms with van der Waals surface area (Å²) in [4.78, 5) is 2.64. The molecule has 0 aliphatic carbocycles. The van der Waals surface area contributed by atoms with Crippen LogP contribution in [0.1, 0.15) is 59.1 Å². The molecule has 1 unspecified atom stereocenters. The van der Waals surface area contributed by atoms with E-state index in [1.807, 2.05) is 0 Å². The maximum Gasteiger partial charge on any atom is 0.0472 e. The van der Waals surface area contributed by atoms with E-state index in [1.165, 1.54) is 24.9 Å². The molecule has 2 heteroatoms. The van der Waals surface area contributed by atoms with Crippen LogP contribution < -0.4 is 5.32 Å². The highest BCUT2D eigenvalue weighted by molar-refractivity contribution is 5.19. The SMILES string of the molecule is CCC(CC)CN(CC)C(CNC(C)C)c1ccccc1. The molecule has 1 rings (SSSR count). The zero-order chi connectivity index (χ0) is 15.7. The Morgan fingerprint density at radius 1 is 1.00 bits per heavy atom. The van der Waals surface area contributed by atoms with Crippen molar-refractivity contribution >= 4 is 0 Å². The molecule has 0 aliphatic heterocycles. The third kappa shape index (κ3) is 6.19. The number of likely N-dealkylation sites (N-methyl/N-ethyl adjacent to an activating group) is 1. The van der Waals surface area contributed by atoms with Gasteiger partial charge in [0.15, 0.2) is 0 Å². The summed E-state index contributed by atoms with van der Waals surface area (Å²) in [7, 11) is 0. The molecule has 21 heavy (non-hydrogen) atoms. The number of rotatable bonds is 10. The summed E-state index contributed by atoms with van der Waals surface area (Å²) in [6.07, 6.45) is 2.54. The van der Waals surface area contributed by atoms with Gasteiger partial charge in [-0.05, 0) is 18.0 Å². The van der Waals surface area contributed by atoms with E-state index in [-0.39, 0.29) is 0 Å². The van der Waals surface area contributed by atoms with Crippen LogP contribution in [0, 0.1) is 5.92 Å². The second-order valence-corrected chi connectivity index (χ2v) is 6.26. The van der Waals surface area contributed by atoms with Crippen molar-refractivity contribution < 1.29 is 0 Å². The molecular formula is C19H34N2. The van der Waals surface area contributed by atoms with Gasteiger partial charge >= 0.3 is 0 Å². The van der Waals surface area contributed by atoms with Crippen LogP contribution >= 0.6 is 0 Å². The molecule has 1 aromatic rings. The Bertz CT molecular complexity index is 357. The molecule has 2 nitrogen and oxygen atoms in total. The first-order valence-electron chi connectivity index (χ1n) is 8.64. The van der Waals surface area contributed by atoms with Gasteiger partial charge in [-0.3, -0.25) is 4.90 Å². The Hall–Kier alpha value is -0.860. The van der Waals surface area contributed by atoms with E-state index in [2.05, 4.69) is 75.2 Å². The van der Waals surface area contributed by atoms with E-state index in [0.717, 1.165) is 19.0 Å². The maximum absolute atomic E-state index is 3.63. The molecule has 0 heterocycles. The van der Waals surface area contributed by atoms with E-state index in [9.17, 15) is 0 Å². The van der Waals surface area contributed by atoms with Crippen molar-refractivity contribution in [2.75, 3.05) is 19.6 Å². The lowest BCUT2D eigenvalue weighted by molar-refractivity contribution is 0.165. The van der Waals surface area contributed by atoms with Gasteiger partial charge in [0.25, 0.3) is 0 Å². The van der Waals surface area contributed by atoms with Crippen molar-refractivity contribution in [2.24, 2.45) is 5.92 Å². The minimum Gasteiger partial charge on any atom is -0.313 e. The molecule has 0 spiro atoms. The first-order valence-corrected chi connectivity index (χ1v) is 8.64. The van der Waals surface area contributed by atoms with Crippen LogP contribution in [-0.4, -0.2) is 30.6 Å². The zero-order valence-corrected chi connectivity index (χ0v) is 14.6. The van der Waals surface area contributed by atoms with Gasteiger partial charge in [-0.25, -0.2) is 0 Å². The fourth-order valence-corrected chi connectivity index (χ4v) is 2.84. The molecule has 0 bridgehead atoms. The van der Waals surface area contributed by atoms with Gasteiger partial charge in [-0.15, -0.1) is 0 Å². The van der Waals surface area contributed by atoms with E-state index < -0.39 is 0 Å². The summed E-state index contributed by atoms with van der Waals surface area (Å²) in [5.41, 5.74) is 1.43. The molecule has 0 amide bonds. The second kappa shape index (κ2) is 9.97. The Morgan fingerprint density at radius 2 is 1.62 bits per heavy atom. The monoisotopic (exact) mass is 290 g/mol. The third-order valence-electron chi connectivity index (χ3n) is 4.40. The number of hydrogen-bond acceptors (Lipinski definition) is 2. The molecule has 1 N–H and O–H groups in total. The molecule has 1 atom stereocenters. The highest BCUT2D eigenvalue weighted by Crippen LogP contribution is 2.23. The van der Waals surface area contributed by atoms with Gasteiger partial charge in [-0.2, -0.15) is 0 Å². The second-order valence-electron chi connectivity index (χ2n) is 6.26. The topological polar surface area (TPSA) is 15.3 Å². The quantitative estimate of drug-likeness (QED) is 0.683. The summed E-state index contributed by atoms with van der Waals surface area (Å²) in [6.45, 7) is 14.7. The highest BCUT2D eigenvalue weighted by atomic mass is 15.2. The average molecular weight is 290 g/mol. The van der Waals surface area contributed by atoms with Gasteiger partial charge in [0, 0.05) is 25.2 Å². The standard InChI is InChI=1S/C19H34N2/c1-6-17(7-2)15-21(8-3)19(14-20-16(4)5)18-12-10-9-11-13-18/h9-13,16-17,19-20H,6-8,14-15H2,1-5H3. The summed E-state index contributed by atoms with van der Waals surface area (Å²) >= 11 is 0. The normalized spacial score (nSPS) is 13.3. The van der Waals surface area contributed by atoms with Gasteiger partial charge in [-0.1, -0.05) is 77.8 Å². The fraction of sp³-hybridized carbons (Fsp3) is 0.684. The van der Waals surface area contributed by atoms with Crippen LogP contribution in [0.5, 0.6) is 0 Å². The molecule has 120 valence electrons. The van der Waals surface area contributed by atoms with Crippen LogP contribution in [0.15, 0.2) is 30.3 Å². The van der Waals surface area contributed by atoms with Crippen molar-refractivity contribution in [1.29, 1.82) is 0 Å². The summed E-state index contributed by atoms with van der Waals surface area (Å²) in [5, 5.41) is 3.63. The van der Waals surface area contributed by atoms with Crippen molar-refractivity contribution in [3.63, 3.8) is 0 Å². The smallest absolute Gasteiger partial charge is 0.0472 e. The lowest BCUT2D eigenvalue weighted by Crippen LogP contribution is -2.40. The van der Waals surface area contributed by atoms with Crippen molar-refractivity contribution in [2.45, 2.75) is 59.5 Å². The Balaban J connectivity index is 2.86. The predicted octanol–water partition coefficient (Wildman–Crippen LogP) is 4.48. The minimum atomic E-state index is 0.471.